The summed E-state index contributed by atoms with van der Waals surface area (Å²) in [7, 11) is 0. The van der Waals surface area contributed by atoms with Gasteiger partial charge in [-0.3, -0.25) is 9.89 Å². The lowest BCUT2D eigenvalue weighted by Crippen LogP contribution is -2.29. The van der Waals surface area contributed by atoms with Gasteiger partial charge >= 0.3 is 0 Å². The zero-order valence-corrected chi connectivity index (χ0v) is 12.3. The van der Waals surface area contributed by atoms with Crippen LogP contribution in [0.2, 0.25) is 0 Å². The number of hydrogen-bond donors (Lipinski definition) is 1. The Hall–Kier alpha value is -2.55. The Morgan fingerprint density at radius 1 is 1.50 bits per heavy atom. The standard InChI is InChI=1S/C13H12N6O2S/c20-13(11-14-7-15-17-11)19-3-1-8(5-19)10-16-12(21-18-10)9-2-4-22-6-9/h2,4,6-8H,1,3,5H2,(H,14,15,17)/t8-/m1/s1. The van der Waals surface area contributed by atoms with Crippen LogP contribution in [0.4, 0.5) is 0 Å². The quantitative estimate of drug-likeness (QED) is 0.786. The molecule has 0 spiro atoms. The van der Waals surface area contributed by atoms with E-state index in [1.807, 2.05) is 16.8 Å². The number of H-pyrrole nitrogens is 1. The van der Waals surface area contributed by atoms with E-state index in [1.54, 1.807) is 16.2 Å². The molecule has 0 aromatic carbocycles. The first-order chi connectivity index (χ1) is 10.8. The van der Waals surface area contributed by atoms with E-state index in [2.05, 4.69) is 25.3 Å². The predicted octanol–water partition coefficient (Wildman–Crippen LogP) is 1.55. The summed E-state index contributed by atoms with van der Waals surface area (Å²) in [5.41, 5.74) is 0.927. The highest BCUT2D eigenvalue weighted by atomic mass is 32.1. The van der Waals surface area contributed by atoms with E-state index in [0.29, 0.717) is 24.8 Å². The summed E-state index contributed by atoms with van der Waals surface area (Å²) >= 11 is 1.58. The molecule has 4 rings (SSSR count). The Morgan fingerprint density at radius 3 is 3.23 bits per heavy atom. The Balaban J connectivity index is 1.48. The molecule has 3 aromatic heterocycles. The lowest BCUT2D eigenvalue weighted by molar-refractivity contribution is 0.0779. The van der Waals surface area contributed by atoms with Crippen molar-refractivity contribution in [2.45, 2.75) is 12.3 Å². The van der Waals surface area contributed by atoms with Gasteiger partial charge in [0.1, 0.15) is 6.33 Å². The summed E-state index contributed by atoms with van der Waals surface area (Å²) in [6, 6.07) is 1.94. The maximum atomic E-state index is 12.2. The number of thiophene rings is 1. The summed E-state index contributed by atoms with van der Waals surface area (Å²) in [5.74, 6) is 1.36. The van der Waals surface area contributed by atoms with Crippen LogP contribution < -0.4 is 0 Å². The molecule has 3 aromatic rings. The van der Waals surface area contributed by atoms with E-state index in [-0.39, 0.29) is 17.6 Å². The van der Waals surface area contributed by atoms with Crippen molar-refractivity contribution in [1.82, 2.24) is 30.2 Å². The van der Waals surface area contributed by atoms with Crippen molar-refractivity contribution in [2.75, 3.05) is 13.1 Å². The molecule has 9 heteroatoms. The average molecular weight is 316 g/mol. The Morgan fingerprint density at radius 2 is 2.45 bits per heavy atom. The highest BCUT2D eigenvalue weighted by Gasteiger charge is 2.32. The van der Waals surface area contributed by atoms with E-state index in [4.69, 9.17) is 4.52 Å². The number of nitrogens with zero attached hydrogens (tertiary/aromatic N) is 5. The van der Waals surface area contributed by atoms with E-state index in [9.17, 15) is 4.79 Å². The monoisotopic (exact) mass is 316 g/mol. The number of aromatic amines is 1. The van der Waals surface area contributed by atoms with Gasteiger partial charge in [-0.25, -0.2) is 4.98 Å². The van der Waals surface area contributed by atoms with Gasteiger partial charge in [0.2, 0.25) is 5.82 Å². The molecule has 0 saturated carbocycles. The minimum Gasteiger partial charge on any atom is -0.335 e. The van der Waals surface area contributed by atoms with Crippen LogP contribution in [-0.4, -0.2) is 49.2 Å². The number of carbonyl (C=O) groups is 1. The van der Waals surface area contributed by atoms with Crippen LogP contribution >= 0.6 is 11.3 Å². The van der Waals surface area contributed by atoms with Gasteiger partial charge in [-0.2, -0.15) is 21.4 Å². The third-order valence-electron chi connectivity index (χ3n) is 3.67. The summed E-state index contributed by atoms with van der Waals surface area (Å²) < 4.78 is 5.30. The van der Waals surface area contributed by atoms with Gasteiger partial charge < -0.3 is 9.42 Å². The van der Waals surface area contributed by atoms with Crippen molar-refractivity contribution >= 4 is 17.2 Å². The molecule has 0 aliphatic carbocycles. The van der Waals surface area contributed by atoms with Gasteiger partial charge in [0, 0.05) is 24.4 Å². The van der Waals surface area contributed by atoms with Crippen molar-refractivity contribution in [3.63, 3.8) is 0 Å². The first-order valence-corrected chi connectivity index (χ1v) is 7.76. The molecular weight excluding hydrogens is 304 g/mol. The smallest absolute Gasteiger partial charge is 0.291 e. The number of rotatable bonds is 3. The maximum Gasteiger partial charge on any atom is 0.291 e. The fourth-order valence-corrected chi connectivity index (χ4v) is 3.15. The highest BCUT2D eigenvalue weighted by Crippen LogP contribution is 2.28. The third-order valence-corrected chi connectivity index (χ3v) is 4.35. The second-order valence-electron chi connectivity index (χ2n) is 5.04. The zero-order valence-electron chi connectivity index (χ0n) is 11.5. The Kier molecular flexibility index (Phi) is 3.19. The first-order valence-electron chi connectivity index (χ1n) is 6.82. The third kappa shape index (κ3) is 2.29. The summed E-state index contributed by atoms with van der Waals surface area (Å²) in [6.07, 6.45) is 2.13. The van der Waals surface area contributed by atoms with Gasteiger partial charge in [0.25, 0.3) is 11.8 Å². The molecule has 0 radical (unpaired) electrons. The minimum absolute atomic E-state index is 0.0861. The fraction of sp³-hybridized carbons (Fsp3) is 0.308. The lowest BCUT2D eigenvalue weighted by atomic mass is 10.1. The molecule has 1 atom stereocenters. The Bertz CT molecular complexity index is 766. The molecule has 1 aliphatic heterocycles. The van der Waals surface area contributed by atoms with Crippen LogP contribution in [0.25, 0.3) is 11.5 Å². The molecule has 4 heterocycles. The molecule has 1 amide bonds. The van der Waals surface area contributed by atoms with Crippen LogP contribution in [0.1, 0.15) is 28.8 Å². The van der Waals surface area contributed by atoms with Gasteiger partial charge in [-0.15, -0.1) is 0 Å². The number of hydrogen-bond acceptors (Lipinski definition) is 7. The van der Waals surface area contributed by atoms with Crippen LogP contribution in [0.15, 0.2) is 27.7 Å². The van der Waals surface area contributed by atoms with E-state index in [0.717, 1.165) is 12.0 Å². The van der Waals surface area contributed by atoms with Crippen molar-refractivity contribution in [3.05, 3.63) is 34.8 Å². The Labute approximate surface area is 129 Å². The normalized spacial score (nSPS) is 18.0. The number of amides is 1. The van der Waals surface area contributed by atoms with Gasteiger partial charge in [-0.05, 0) is 17.9 Å². The molecular formula is C13H12N6O2S. The van der Waals surface area contributed by atoms with Crippen LogP contribution in [-0.2, 0) is 0 Å². The molecule has 1 aliphatic rings. The zero-order chi connectivity index (χ0) is 14.9. The molecule has 0 unspecified atom stereocenters. The number of likely N-dealkylation sites (tertiary alicyclic amines) is 1. The molecule has 1 saturated heterocycles. The second kappa shape index (κ2) is 5.34. The SMILES string of the molecule is O=C(c1ncn[nH]1)N1CC[C@@H](c2noc(-c3ccsc3)n2)C1. The predicted molar refractivity (Wildman–Crippen MR) is 77.3 cm³/mol. The summed E-state index contributed by atoms with van der Waals surface area (Å²) in [6.45, 7) is 1.20. The van der Waals surface area contributed by atoms with Crippen LogP contribution in [0, 0.1) is 0 Å². The number of carbonyl (C=O) groups excluding carboxylic acids is 1. The van der Waals surface area contributed by atoms with Gasteiger partial charge in [0.05, 0.1) is 5.56 Å². The molecule has 112 valence electrons. The molecule has 8 nitrogen and oxygen atoms in total. The molecule has 1 fully saturated rings. The second-order valence-corrected chi connectivity index (χ2v) is 5.82. The van der Waals surface area contributed by atoms with Crippen LogP contribution in [0.3, 0.4) is 0 Å². The number of aromatic nitrogens is 5. The number of nitrogens with one attached hydrogen (secondary N) is 1. The lowest BCUT2D eigenvalue weighted by Gasteiger charge is -2.13. The maximum absolute atomic E-state index is 12.2. The van der Waals surface area contributed by atoms with Gasteiger partial charge in [-0.1, -0.05) is 5.16 Å². The van der Waals surface area contributed by atoms with Crippen LogP contribution in [0.5, 0.6) is 0 Å². The van der Waals surface area contributed by atoms with Crippen molar-refractivity contribution in [2.24, 2.45) is 0 Å². The van der Waals surface area contributed by atoms with Crippen molar-refractivity contribution < 1.29 is 9.32 Å². The minimum atomic E-state index is -0.151. The largest absolute Gasteiger partial charge is 0.335 e. The van der Waals surface area contributed by atoms with E-state index < -0.39 is 0 Å². The topological polar surface area (TPSA) is 101 Å². The molecule has 22 heavy (non-hydrogen) atoms. The van der Waals surface area contributed by atoms with Crippen molar-refractivity contribution in [3.8, 4) is 11.5 Å². The van der Waals surface area contributed by atoms with E-state index in [1.165, 1.54) is 6.33 Å². The van der Waals surface area contributed by atoms with Gasteiger partial charge in [0.15, 0.2) is 5.82 Å². The fourth-order valence-electron chi connectivity index (χ4n) is 2.52. The average Bonchev–Trinajstić information content (AvgIpc) is 3.35. The summed E-state index contributed by atoms with van der Waals surface area (Å²) in [4.78, 5) is 22.3. The first kappa shape index (κ1) is 13.1. The van der Waals surface area contributed by atoms with E-state index >= 15 is 0 Å². The summed E-state index contributed by atoms with van der Waals surface area (Å²) in [5, 5.41) is 14.3. The molecule has 1 N–H and O–H groups in total. The van der Waals surface area contributed by atoms with Crippen molar-refractivity contribution in [1.29, 1.82) is 0 Å². The molecule has 0 bridgehead atoms. The highest BCUT2D eigenvalue weighted by molar-refractivity contribution is 7.08.